The highest BCUT2D eigenvalue weighted by molar-refractivity contribution is 6.37. The van der Waals surface area contributed by atoms with E-state index in [0.29, 0.717) is 16.3 Å². The monoisotopic (exact) mass is 319 g/mol. The van der Waals surface area contributed by atoms with Crippen LogP contribution in [-0.4, -0.2) is 12.9 Å². The van der Waals surface area contributed by atoms with E-state index in [-0.39, 0.29) is 16.4 Å². The van der Waals surface area contributed by atoms with Gasteiger partial charge in [0.05, 0.1) is 18.2 Å². The van der Waals surface area contributed by atoms with Crippen LogP contribution in [0.2, 0.25) is 10.0 Å². The summed E-state index contributed by atoms with van der Waals surface area (Å²) in [6.45, 7) is 0. The molecule has 0 aliphatic heterocycles. The van der Waals surface area contributed by atoms with Crippen LogP contribution in [0.15, 0.2) is 42.5 Å². The summed E-state index contributed by atoms with van der Waals surface area (Å²) in [5.41, 5.74) is 0.775. The van der Waals surface area contributed by atoms with Crippen LogP contribution >= 0.6 is 23.2 Å². The average molecular weight is 320 g/mol. The molecule has 21 heavy (non-hydrogen) atoms. The van der Waals surface area contributed by atoms with Gasteiger partial charge in [0.2, 0.25) is 0 Å². The number of ether oxygens (including phenoxy) is 1. The van der Waals surface area contributed by atoms with Crippen LogP contribution in [0.1, 0.15) is 21.8 Å². The normalized spacial score (nSPS) is 11.5. The van der Waals surface area contributed by atoms with Crippen LogP contribution in [0.25, 0.3) is 0 Å². The van der Waals surface area contributed by atoms with Crippen molar-refractivity contribution in [2.24, 2.45) is 0 Å². The minimum atomic E-state index is -0.986. The van der Waals surface area contributed by atoms with E-state index in [1.165, 1.54) is 19.2 Å². The summed E-state index contributed by atoms with van der Waals surface area (Å²) < 4.78 is 5.21. The maximum Gasteiger partial charge on any atom is 0.186 e. The lowest BCUT2D eigenvalue weighted by Crippen LogP contribution is -2.13. The standard InChI is InChI=1S/C16H11Cl2NO2/c1-21-15-5-3-2-4-11(15)13(9-19)16(20)12-7-6-10(17)8-14(12)18/h2-8,13H,1H3. The summed E-state index contributed by atoms with van der Waals surface area (Å²) in [5, 5.41) is 10.0. The van der Waals surface area contributed by atoms with E-state index in [1.807, 2.05) is 6.07 Å². The maximum atomic E-state index is 12.6. The van der Waals surface area contributed by atoms with Crippen molar-refractivity contribution in [3.63, 3.8) is 0 Å². The molecule has 0 aliphatic rings. The number of hydrogen-bond donors (Lipinski definition) is 0. The lowest BCUT2D eigenvalue weighted by molar-refractivity contribution is 0.0978. The number of methoxy groups -OCH3 is 1. The van der Waals surface area contributed by atoms with Crippen molar-refractivity contribution in [1.82, 2.24) is 0 Å². The van der Waals surface area contributed by atoms with Gasteiger partial charge in [0.1, 0.15) is 11.7 Å². The third kappa shape index (κ3) is 3.18. The molecule has 2 aromatic rings. The van der Waals surface area contributed by atoms with Gasteiger partial charge in [-0.2, -0.15) is 5.26 Å². The molecule has 0 radical (unpaired) electrons. The van der Waals surface area contributed by atoms with Gasteiger partial charge in [-0.05, 0) is 24.3 Å². The van der Waals surface area contributed by atoms with E-state index in [9.17, 15) is 10.1 Å². The van der Waals surface area contributed by atoms with E-state index < -0.39 is 5.92 Å². The summed E-state index contributed by atoms with van der Waals surface area (Å²) in [6.07, 6.45) is 0. The molecule has 2 rings (SSSR count). The van der Waals surface area contributed by atoms with Gasteiger partial charge in [0.15, 0.2) is 5.78 Å². The number of hydrogen-bond acceptors (Lipinski definition) is 3. The highest BCUT2D eigenvalue weighted by Gasteiger charge is 2.26. The van der Waals surface area contributed by atoms with Crippen LogP contribution in [-0.2, 0) is 0 Å². The number of carbonyl (C=O) groups is 1. The Bertz CT molecular complexity index is 722. The van der Waals surface area contributed by atoms with Crippen LogP contribution in [0, 0.1) is 11.3 Å². The third-order valence-corrected chi connectivity index (χ3v) is 3.59. The Labute approximate surface area is 132 Å². The molecule has 0 amide bonds. The molecule has 0 bridgehead atoms. The Morgan fingerprint density at radius 1 is 1.24 bits per heavy atom. The number of halogens is 2. The van der Waals surface area contributed by atoms with E-state index in [0.717, 1.165) is 0 Å². The lowest BCUT2D eigenvalue weighted by Gasteiger charge is -2.13. The van der Waals surface area contributed by atoms with Gasteiger partial charge < -0.3 is 4.74 Å². The van der Waals surface area contributed by atoms with Crippen molar-refractivity contribution in [1.29, 1.82) is 5.26 Å². The molecule has 1 unspecified atom stereocenters. The Hall–Kier alpha value is -2.02. The van der Waals surface area contributed by atoms with Gasteiger partial charge >= 0.3 is 0 Å². The number of ketones is 1. The van der Waals surface area contributed by atoms with E-state index in [4.69, 9.17) is 27.9 Å². The quantitative estimate of drug-likeness (QED) is 0.780. The van der Waals surface area contributed by atoms with Gasteiger partial charge in [0.25, 0.3) is 0 Å². The van der Waals surface area contributed by atoms with Crippen molar-refractivity contribution in [2.75, 3.05) is 7.11 Å². The minimum absolute atomic E-state index is 0.225. The van der Waals surface area contributed by atoms with Crippen molar-refractivity contribution in [2.45, 2.75) is 5.92 Å². The number of carbonyl (C=O) groups excluding carboxylic acids is 1. The molecule has 0 saturated heterocycles. The van der Waals surface area contributed by atoms with E-state index in [1.54, 1.807) is 30.3 Å². The summed E-state index contributed by atoms with van der Waals surface area (Å²) in [5.74, 6) is -0.883. The molecule has 3 nitrogen and oxygen atoms in total. The lowest BCUT2D eigenvalue weighted by atomic mass is 9.91. The molecule has 0 spiro atoms. The Morgan fingerprint density at radius 2 is 1.95 bits per heavy atom. The second-order valence-corrected chi connectivity index (χ2v) is 5.14. The highest BCUT2D eigenvalue weighted by atomic mass is 35.5. The number of rotatable bonds is 4. The minimum Gasteiger partial charge on any atom is -0.496 e. The second kappa shape index (κ2) is 6.62. The predicted octanol–water partition coefficient (Wildman–Crippen LogP) is 4.49. The van der Waals surface area contributed by atoms with Gasteiger partial charge in [-0.3, -0.25) is 4.79 Å². The molecule has 5 heteroatoms. The average Bonchev–Trinajstić information content (AvgIpc) is 2.48. The molecular weight excluding hydrogens is 309 g/mol. The summed E-state index contributed by atoms with van der Waals surface area (Å²) in [4.78, 5) is 12.6. The number of Topliss-reactive ketones (excluding diaryl/α,β-unsaturated/α-hetero) is 1. The fraction of sp³-hybridized carbons (Fsp3) is 0.125. The highest BCUT2D eigenvalue weighted by Crippen LogP contribution is 2.31. The summed E-state index contributed by atoms with van der Waals surface area (Å²) in [7, 11) is 1.49. The van der Waals surface area contributed by atoms with Crippen molar-refractivity contribution in [3.05, 3.63) is 63.6 Å². The van der Waals surface area contributed by atoms with Crippen LogP contribution < -0.4 is 4.74 Å². The summed E-state index contributed by atoms with van der Waals surface area (Å²) >= 11 is 11.9. The molecule has 0 saturated carbocycles. The fourth-order valence-electron chi connectivity index (χ4n) is 2.02. The zero-order valence-electron chi connectivity index (χ0n) is 11.1. The molecule has 0 aromatic heterocycles. The first-order valence-electron chi connectivity index (χ1n) is 6.10. The van der Waals surface area contributed by atoms with Crippen molar-refractivity contribution in [3.8, 4) is 11.8 Å². The second-order valence-electron chi connectivity index (χ2n) is 4.29. The molecule has 0 aliphatic carbocycles. The Kier molecular flexibility index (Phi) is 4.85. The third-order valence-electron chi connectivity index (χ3n) is 3.04. The molecule has 2 aromatic carbocycles. The van der Waals surface area contributed by atoms with Crippen LogP contribution in [0.4, 0.5) is 0 Å². The first-order chi connectivity index (χ1) is 10.1. The Morgan fingerprint density at radius 3 is 2.57 bits per heavy atom. The molecule has 0 heterocycles. The number of nitriles is 1. The fourth-order valence-corrected chi connectivity index (χ4v) is 2.52. The summed E-state index contributed by atoms with van der Waals surface area (Å²) in [6, 6.07) is 13.5. The van der Waals surface area contributed by atoms with Gasteiger partial charge in [-0.1, -0.05) is 41.4 Å². The van der Waals surface area contributed by atoms with E-state index >= 15 is 0 Å². The first-order valence-corrected chi connectivity index (χ1v) is 6.86. The molecule has 0 N–H and O–H groups in total. The maximum absolute atomic E-state index is 12.6. The Balaban J connectivity index is 2.46. The molecule has 106 valence electrons. The zero-order valence-corrected chi connectivity index (χ0v) is 12.7. The van der Waals surface area contributed by atoms with Gasteiger partial charge in [-0.15, -0.1) is 0 Å². The van der Waals surface area contributed by atoms with Gasteiger partial charge in [-0.25, -0.2) is 0 Å². The number of para-hydroxylation sites is 1. The smallest absolute Gasteiger partial charge is 0.186 e. The van der Waals surface area contributed by atoms with Gasteiger partial charge in [0, 0.05) is 16.1 Å². The zero-order chi connectivity index (χ0) is 15.4. The topological polar surface area (TPSA) is 50.1 Å². The SMILES string of the molecule is COc1ccccc1C(C#N)C(=O)c1ccc(Cl)cc1Cl. The molecule has 0 fully saturated rings. The van der Waals surface area contributed by atoms with E-state index in [2.05, 4.69) is 0 Å². The predicted molar refractivity (Wildman–Crippen MR) is 82.1 cm³/mol. The largest absolute Gasteiger partial charge is 0.496 e. The first kappa shape index (κ1) is 15.4. The van der Waals surface area contributed by atoms with Crippen molar-refractivity contribution < 1.29 is 9.53 Å². The van der Waals surface area contributed by atoms with Crippen LogP contribution in [0.3, 0.4) is 0 Å². The molecule has 1 atom stereocenters. The number of nitrogens with zero attached hydrogens (tertiary/aromatic N) is 1. The number of benzene rings is 2. The van der Waals surface area contributed by atoms with Crippen molar-refractivity contribution >= 4 is 29.0 Å². The molecular formula is C16H11Cl2NO2. The van der Waals surface area contributed by atoms with Crippen LogP contribution in [0.5, 0.6) is 5.75 Å².